The van der Waals surface area contributed by atoms with Crippen molar-refractivity contribution in [1.29, 1.82) is 0 Å². The number of hydrogen-bond acceptors (Lipinski definition) is 5. The first-order valence-electron chi connectivity index (χ1n) is 8.63. The summed E-state index contributed by atoms with van der Waals surface area (Å²) < 4.78 is 1.70. The van der Waals surface area contributed by atoms with Gasteiger partial charge in [-0.1, -0.05) is 62.0 Å². The Bertz CT molecular complexity index is 1150. The number of hydrogen-bond donors (Lipinski definition) is 0. The molecule has 0 atom stereocenters. The van der Waals surface area contributed by atoms with E-state index in [9.17, 15) is 4.79 Å². The highest BCUT2D eigenvalue weighted by Crippen LogP contribution is 2.23. The molecule has 2 heterocycles. The van der Waals surface area contributed by atoms with E-state index in [-0.39, 0.29) is 5.56 Å². The van der Waals surface area contributed by atoms with Gasteiger partial charge in [0.2, 0.25) is 0 Å². The molecule has 0 aliphatic heterocycles. The van der Waals surface area contributed by atoms with Gasteiger partial charge in [-0.3, -0.25) is 4.79 Å². The van der Waals surface area contributed by atoms with Crippen LogP contribution in [0.1, 0.15) is 19.4 Å². The Balaban J connectivity index is 2.01. The number of thioether (sulfide) groups is 1. The number of para-hydroxylation sites is 1. The summed E-state index contributed by atoms with van der Waals surface area (Å²) in [5.74, 6) is 0.856. The summed E-state index contributed by atoms with van der Waals surface area (Å²) in [4.78, 5) is 21.8. The first-order chi connectivity index (χ1) is 12.7. The molecule has 4 aromatic rings. The average Bonchev–Trinajstić information content (AvgIpc) is 2.68. The van der Waals surface area contributed by atoms with E-state index in [0.29, 0.717) is 11.3 Å². The number of fused-ring (bicyclic) bond motifs is 3. The van der Waals surface area contributed by atoms with Crippen molar-refractivity contribution in [3.63, 3.8) is 0 Å². The fraction of sp³-hybridized carbons (Fsp3) is 0.200. The first kappa shape index (κ1) is 16.7. The Kier molecular flexibility index (Phi) is 4.42. The SMILES string of the molecule is CCSc1nc2ccccc2c2nc(=O)c(-c3ccc(CC)cc3)nn12. The summed E-state index contributed by atoms with van der Waals surface area (Å²) in [5.41, 5.74) is 3.38. The van der Waals surface area contributed by atoms with Crippen molar-refractivity contribution in [2.75, 3.05) is 5.75 Å². The Labute approximate surface area is 155 Å². The van der Waals surface area contributed by atoms with Gasteiger partial charge in [-0.2, -0.15) is 14.6 Å². The van der Waals surface area contributed by atoms with E-state index in [1.54, 1.807) is 16.3 Å². The maximum Gasteiger partial charge on any atom is 0.300 e. The zero-order chi connectivity index (χ0) is 18.1. The third-order valence-corrected chi connectivity index (χ3v) is 5.07. The molecule has 0 amide bonds. The van der Waals surface area contributed by atoms with Gasteiger partial charge in [-0.05, 0) is 29.9 Å². The van der Waals surface area contributed by atoms with Gasteiger partial charge < -0.3 is 0 Å². The van der Waals surface area contributed by atoms with Crippen molar-refractivity contribution in [3.05, 3.63) is 64.4 Å². The van der Waals surface area contributed by atoms with Crippen LogP contribution in [-0.2, 0) is 6.42 Å². The summed E-state index contributed by atoms with van der Waals surface area (Å²) in [6, 6.07) is 15.6. The summed E-state index contributed by atoms with van der Waals surface area (Å²) in [6.07, 6.45) is 0.954. The molecular weight excluding hydrogens is 344 g/mol. The summed E-state index contributed by atoms with van der Waals surface area (Å²) >= 11 is 1.58. The topological polar surface area (TPSA) is 60.2 Å². The zero-order valence-corrected chi connectivity index (χ0v) is 15.5. The van der Waals surface area contributed by atoms with E-state index < -0.39 is 0 Å². The van der Waals surface area contributed by atoms with Gasteiger partial charge in [-0.15, -0.1) is 0 Å². The summed E-state index contributed by atoms with van der Waals surface area (Å²) in [6.45, 7) is 4.17. The lowest BCUT2D eigenvalue weighted by Gasteiger charge is -2.10. The third kappa shape index (κ3) is 2.86. The van der Waals surface area contributed by atoms with Gasteiger partial charge in [0.15, 0.2) is 16.5 Å². The van der Waals surface area contributed by atoms with Crippen molar-refractivity contribution < 1.29 is 0 Å². The van der Waals surface area contributed by atoms with Crippen LogP contribution in [0.3, 0.4) is 0 Å². The molecule has 2 aromatic carbocycles. The summed E-state index contributed by atoms with van der Waals surface area (Å²) in [5, 5.41) is 6.19. The second-order valence-electron chi connectivity index (χ2n) is 5.90. The van der Waals surface area contributed by atoms with E-state index in [0.717, 1.165) is 33.8 Å². The summed E-state index contributed by atoms with van der Waals surface area (Å²) in [7, 11) is 0. The molecule has 4 rings (SSSR count). The molecule has 26 heavy (non-hydrogen) atoms. The first-order valence-corrected chi connectivity index (χ1v) is 9.61. The largest absolute Gasteiger partial charge is 0.300 e. The van der Waals surface area contributed by atoms with E-state index in [2.05, 4.69) is 23.9 Å². The predicted octanol–water partition coefficient (Wildman–Crippen LogP) is 3.98. The van der Waals surface area contributed by atoms with E-state index in [4.69, 9.17) is 4.98 Å². The second-order valence-corrected chi connectivity index (χ2v) is 7.13. The predicted molar refractivity (Wildman–Crippen MR) is 106 cm³/mol. The fourth-order valence-corrected chi connectivity index (χ4v) is 3.58. The zero-order valence-electron chi connectivity index (χ0n) is 14.6. The van der Waals surface area contributed by atoms with Crippen molar-refractivity contribution in [1.82, 2.24) is 19.6 Å². The maximum absolute atomic E-state index is 12.7. The van der Waals surface area contributed by atoms with Gasteiger partial charge in [0, 0.05) is 10.9 Å². The number of rotatable bonds is 4. The second kappa shape index (κ2) is 6.88. The molecule has 5 nitrogen and oxygen atoms in total. The molecular formula is C20H18N4OS. The molecule has 0 aliphatic rings. The molecule has 130 valence electrons. The van der Waals surface area contributed by atoms with Crippen LogP contribution in [0.4, 0.5) is 0 Å². The molecule has 0 saturated carbocycles. The highest BCUT2D eigenvalue weighted by atomic mass is 32.2. The Morgan fingerprint density at radius 3 is 2.50 bits per heavy atom. The van der Waals surface area contributed by atoms with E-state index in [1.807, 2.05) is 48.5 Å². The molecule has 0 radical (unpaired) electrons. The van der Waals surface area contributed by atoms with Gasteiger partial charge >= 0.3 is 0 Å². The van der Waals surface area contributed by atoms with Crippen molar-refractivity contribution in [3.8, 4) is 11.3 Å². The van der Waals surface area contributed by atoms with Crippen LogP contribution in [0.2, 0.25) is 0 Å². The molecule has 2 aromatic heterocycles. The molecule has 0 N–H and O–H groups in total. The smallest absolute Gasteiger partial charge is 0.265 e. The fourth-order valence-electron chi connectivity index (χ4n) is 2.91. The lowest BCUT2D eigenvalue weighted by Crippen LogP contribution is -2.17. The highest BCUT2D eigenvalue weighted by molar-refractivity contribution is 7.99. The molecule has 0 aliphatic carbocycles. The Morgan fingerprint density at radius 2 is 1.77 bits per heavy atom. The van der Waals surface area contributed by atoms with Crippen molar-refractivity contribution in [2.45, 2.75) is 25.4 Å². The van der Waals surface area contributed by atoms with E-state index in [1.165, 1.54) is 5.56 Å². The van der Waals surface area contributed by atoms with Crippen LogP contribution in [0.15, 0.2) is 58.5 Å². The van der Waals surface area contributed by atoms with E-state index >= 15 is 0 Å². The average molecular weight is 362 g/mol. The molecule has 0 saturated heterocycles. The van der Waals surface area contributed by atoms with Gasteiger partial charge in [0.05, 0.1) is 5.52 Å². The monoisotopic (exact) mass is 362 g/mol. The lowest BCUT2D eigenvalue weighted by molar-refractivity contribution is 0.770. The number of benzene rings is 2. The van der Waals surface area contributed by atoms with Crippen LogP contribution in [0, 0.1) is 0 Å². The maximum atomic E-state index is 12.7. The minimum absolute atomic E-state index is 0.321. The molecule has 0 fully saturated rings. The van der Waals surface area contributed by atoms with Gasteiger partial charge in [0.25, 0.3) is 5.56 Å². The number of nitrogens with zero attached hydrogens (tertiary/aromatic N) is 4. The van der Waals surface area contributed by atoms with Crippen LogP contribution < -0.4 is 5.56 Å². The van der Waals surface area contributed by atoms with Crippen LogP contribution in [0.5, 0.6) is 0 Å². The minimum atomic E-state index is -0.321. The van der Waals surface area contributed by atoms with Crippen molar-refractivity contribution >= 4 is 28.3 Å². The molecule has 0 bridgehead atoms. The standard InChI is InChI=1S/C20H18N4OS/c1-3-13-9-11-14(12-10-13)17-19(25)22-18-15-7-5-6-8-16(15)21-20(26-4-2)24(18)23-17/h5-12H,3-4H2,1-2H3. The Morgan fingerprint density at radius 1 is 1.00 bits per heavy atom. The number of aromatic nitrogens is 4. The van der Waals surface area contributed by atoms with Crippen LogP contribution >= 0.6 is 11.8 Å². The quantitative estimate of drug-likeness (QED) is 0.312. The molecule has 0 spiro atoms. The van der Waals surface area contributed by atoms with Crippen LogP contribution in [-0.4, -0.2) is 25.3 Å². The molecule has 0 unspecified atom stereocenters. The lowest BCUT2D eigenvalue weighted by atomic mass is 10.1. The molecule has 6 heteroatoms. The Hall–Kier alpha value is -2.73. The normalized spacial score (nSPS) is 11.3. The highest BCUT2D eigenvalue weighted by Gasteiger charge is 2.14. The van der Waals surface area contributed by atoms with Crippen LogP contribution in [0.25, 0.3) is 27.8 Å². The van der Waals surface area contributed by atoms with Gasteiger partial charge in [-0.25, -0.2) is 4.98 Å². The number of aryl methyl sites for hydroxylation is 1. The van der Waals surface area contributed by atoms with Gasteiger partial charge in [0.1, 0.15) is 0 Å². The van der Waals surface area contributed by atoms with Crippen molar-refractivity contribution in [2.24, 2.45) is 0 Å². The minimum Gasteiger partial charge on any atom is -0.265 e. The third-order valence-electron chi connectivity index (χ3n) is 4.26.